The predicted octanol–water partition coefficient (Wildman–Crippen LogP) is 3.17. The number of aromatic amines is 1. The lowest BCUT2D eigenvalue weighted by atomic mass is 10.1. The summed E-state index contributed by atoms with van der Waals surface area (Å²) in [5.41, 5.74) is 3.49. The van der Waals surface area contributed by atoms with E-state index in [9.17, 15) is 9.59 Å². The molecule has 0 saturated carbocycles. The number of amides is 1. The average molecular weight is 364 g/mol. The van der Waals surface area contributed by atoms with E-state index in [1.807, 2.05) is 69.1 Å². The second-order valence-corrected chi connectivity index (χ2v) is 6.86. The maximum absolute atomic E-state index is 12.5. The van der Waals surface area contributed by atoms with E-state index in [4.69, 9.17) is 0 Å². The number of aryl methyl sites for hydroxylation is 1. The number of anilines is 1. The van der Waals surface area contributed by atoms with Crippen molar-refractivity contribution in [3.05, 3.63) is 69.8 Å². The summed E-state index contributed by atoms with van der Waals surface area (Å²) in [7, 11) is 1.84. The van der Waals surface area contributed by atoms with Gasteiger partial charge in [-0.25, -0.2) is 4.98 Å². The van der Waals surface area contributed by atoms with E-state index in [1.165, 1.54) is 0 Å². The number of likely N-dealkylation sites (N-methyl/N-ethyl adjacent to an activating group) is 1. The first-order valence-electron chi connectivity index (χ1n) is 8.92. The number of hydrogen-bond donors (Lipinski definition) is 2. The third-order valence-corrected chi connectivity index (χ3v) is 4.96. The van der Waals surface area contributed by atoms with Crippen LogP contribution in [0.3, 0.4) is 0 Å². The molecule has 0 saturated heterocycles. The van der Waals surface area contributed by atoms with E-state index in [1.54, 1.807) is 6.07 Å². The fourth-order valence-electron chi connectivity index (χ4n) is 2.95. The first-order chi connectivity index (χ1) is 12.9. The number of H-pyrrole nitrogens is 1. The van der Waals surface area contributed by atoms with Gasteiger partial charge < -0.3 is 10.3 Å². The Hall–Kier alpha value is -2.99. The second kappa shape index (κ2) is 7.72. The van der Waals surface area contributed by atoms with E-state index in [2.05, 4.69) is 15.3 Å². The van der Waals surface area contributed by atoms with Gasteiger partial charge >= 0.3 is 0 Å². The molecule has 0 radical (unpaired) electrons. The van der Waals surface area contributed by atoms with E-state index in [0.717, 1.165) is 16.8 Å². The Labute approximate surface area is 158 Å². The summed E-state index contributed by atoms with van der Waals surface area (Å²) in [5, 5.41) is 3.52. The van der Waals surface area contributed by atoms with E-state index < -0.39 is 0 Å². The summed E-state index contributed by atoms with van der Waals surface area (Å²) in [6.45, 7) is 6.10. The highest BCUT2D eigenvalue weighted by Crippen LogP contribution is 2.19. The molecule has 0 aliphatic rings. The molecule has 3 aromatic rings. The van der Waals surface area contributed by atoms with Gasteiger partial charge in [0, 0.05) is 5.69 Å². The van der Waals surface area contributed by atoms with Gasteiger partial charge in [-0.3, -0.25) is 14.5 Å². The molecule has 0 bridgehead atoms. The molecule has 2 aromatic carbocycles. The SMILES string of the molecule is Cc1cccc(NC(=O)CN(C)C(C)c2nc3ccccc3c(=O)[nH]2)c1C. The highest BCUT2D eigenvalue weighted by atomic mass is 16.2. The number of fused-ring (bicyclic) bond motifs is 1. The number of carbonyl (C=O) groups is 1. The Balaban J connectivity index is 1.74. The van der Waals surface area contributed by atoms with E-state index in [0.29, 0.717) is 16.7 Å². The predicted molar refractivity (Wildman–Crippen MR) is 108 cm³/mol. The van der Waals surface area contributed by atoms with Gasteiger partial charge in [-0.15, -0.1) is 0 Å². The summed E-state index contributed by atoms with van der Waals surface area (Å²) in [4.78, 5) is 34.0. The average Bonchev–Trinajstić information content (AvgIpc) is 2.64. The monoisotopic (exact) mass is 364 g/mol. The van der Waals surface area contributed by atoms with Gasteiger partial charge in [0.1, 0.15) is 5.82 Å². The Kier molecular flexibility index (Phi) is 5.37. The molecule has 27 heavy (non-hydrogen) atoms. The fraction of sp³-hybridized carbons (Fsp3) is 0.286. The van der Waals surface area contributed by atoms with Crippen LogP contribution in [0, 0.1) is 13.8 Å². The lowest BCUT2D eigenvalue weighted by Gasteiger charge is -2.23. The summed E-state index contributed by atoms with van der Waals surface area (Å²) in [6.07, 6.45) is 0. The van der Waals surface area contributed by atoms with Crippen LogP contribution in [0.25, 0.3) is 10.9 Å². The van der Waals surface area contributed by atoms with Gasteiger partial charge in [0.25, 0.3) is 5.56 Å². The molecule has 1 aromatic heterocycles. The van der Waals surface area contributed by atoms with Crippen molar-refractivity contribution < 1.29 is 4.79 Å². The van der Waals surface area contributed by atoms with Crippen molar-refractivity contribution in [1.29, 1.82) is 0 Å². The smallest absolute Gasteiger partial charge is 0.258 e. The lowest BCUT2D eigenvalue weighted by Crippen LogP contribution is -2.33. The number of nitrogens with one attached hydrogen (secondary N) is 2. The van der Waals surface area contributed by atoms with E-state index >= 15 is 0 Å². The molecule has 1 atom stereocenters. The minimum absolute atomic E-state index is 0.110. The number of aromatic nitrogens is 2. The molecule has 0 spiro atoms. The molecule has 6 heteroatoms. The number of rotatable bonds is 5. The van der Waals surface area contributed by atoms with Crippen molar-refractivity contribution in [3.8, 4) is 0 Å². The quantitative estimate of drug-likeness (QED) is 0.729. The number of carbonyl (C=O) groups excluding carboxylic acids is 1. The molecule has 0 fully saturated rings. The number of benzene rings is 2. The largest absolute Gasteiger partial charge is 0.325 e. The van der Waals surface area contributed by atoms with Crippen LogP contribution < -0.4 is 10.9 Å². The summed E-state index contributed by atoms with van der Waals surface area (Å²) < 4.78 is 0. The normalized spacial score (nSPS) is 12.3. The van der Waals surface area contributed by atoms with Gasteiger partial charge in [-0.2, -0.15) is 0 Å². The van der Waals surface area contributed by atoms with Crippen LogP contribution >= 0.6 is 0 Å². The topological polar surface area (TPSA) is 78.1 Å². The Morgan fingerprint density at radius 3 is 2.70 bits per heavy atom. The molecule has 0 aliphatic carbocycles. The number of hydrogen-bond acceptors (Lipinski definition) is 4. The molecule has 3 rings (SSSR count). The molecule has 2 N–H and O–H groups in total. The summed E-state index contributed by atoms with van der Waals surface area (Å²) >= 11 is 0. The summed E-state index contributed by atoms with van der Waals surface area (Å²) in [6, 6.07) is 12.8. The zero-order valence-electron chi connectivity index (χ0n) is 16.0. The third kappa shape index (κ3) is 4.06. The van der Waals surface area contributed by atoms with Crippen LogP contribution in [-0.4, -0.2) is 34.4 Å². The summed E-state index contributed by atoms with van der Waals surface area (Å²) in [5.74, 6) is 0.432. The second-order valence-electron chi connectivity index (χ2n) is 6.86. The highest BCUT2D eigenvalue weighted by Gasteiger charge is 2.18. The van der Waals surface area contributed by atoms with Crippen molar-refractivity contribution in [2.24, 2.45) is 0 Å². The van der Waals surface area contributed by atoms with Crippen molar-refractivity contribution in [1.82, 2.24) is 14.9 Å². The first kappa shape index (κ1) is 18.8. The minimum atomic E-state index is -0.216. The molecule has 6 nitrogen and oxygen atoms in total. The Morgan fingerprint density at radius 2 is 1.93 bits per heavy atom. The van der Waals surface area contributed by atoms with Crippen LogP contribution in [0.1, 0.15) is 29.9 Å². The van der Waals surface area contributed by atoms with Gasteiger partial charge in [0.15, 0.2) is 0 Å². The fourth-order valence-corrected chi connectivity index (χ4v) is 2.95. The van der Waals surface area contributed by atoms with Crippen molar-refractivity contribution in [2.45, 2.75) is 26.8 Å². The van der Waals surface area contributed by atoms with Crippen LogP contribution in [0.2, 0.25) is 0 Å². The van der Waals surface area contributed by atoms with Gasteiger partial charge in [-0.05, 0) is 57.1 Å². The van der Waals surface area contributed by atoms with Crippen LogP contribution in [0.5, 0.6) is 0 Å². The van der Waals surface area contributed by atoms with Crippen molar-refractivity contribution in [2.75, 3.05) is 18.9 Å². The highest BCUT2D eigenvalue weighted by molar-refractivity contribution is 5.93. The standard InChI is InChI=1S/C21H24N4O2/c1-13-8-7-11-17(14(13)2)22-19(26)12-25(4)15(3)20-23-18-10-6-5-9-16(18)21(27)24-20/h5-11,15H,12H2,1-4H3,(H,22,26)(H,23,24,27). The Morgan fingerprint density at radius 1 is 1.19 bits per heavy atom. The molecule has 140 valence electrons. The van der Waals surface area contributed by atoms with Crippen LogP contribution in [-0.2, 0) is 4.79 Å². The van der Waals surface area contributed by atoms with Gasteiger partial charge in [0.05, 0.1) is 23.5 Å². The van der Waals surface area contributed by atoms with Crippen LogP contribution in [0.4, 0.5) is 5.69 Å². The van der Waals surface area contributed by atoms with Crippen molar-refractivity contribution in [3.63, 3.8) is 0 Å². The number of nitrogens with zero attached hydrogens (tertiary/aromatic N) is 2. The first-order valence-corrected chi connectivity index (χ1v) is 8.92. The zero-order chi connectivity index (χ0) is 19.6. The number of para-hydroxylation sites is 1. The molecule has 1 heterocycles. The molecule has 0 aliphatic heterocycles. The third-order valence-electron chi connectivity index (χ3n) is 4.96. The maximum Gasteiger partial charge on any atom is 0.258 e. The molecular weight excluding hydrogens is 340 g/mol. The maximum atomic E-state index is 12.5. The van der Waals surface area contributed by atoms with Crippen molar-refractivity contribution >= 4 is 22.5 Å². The van der Waals surface area contributed by atoms with Gasteiger partial charge in [-0.1, -0.05) is 24.3 Å². The van der Waals surface area contributed by atoms with E-state index in [-0.39, 0.29) is 24.1 Å². The lowest BCUT2D eigenvalue weighted by molar-refractivity contribution is -0.117. The molecule has 1 amide bonds. The Bertz CT molecular complexity index is 1040. The van der Waals surface area contributed by atoms with Crippen LogP contribution in [0.15, 0.2) is 47.3 Å². The minimum Gasteiger partial charge on any atom is -0.325 e. The molecular formula is C21H24N4O2. The zero-order valence-corrected chi connectivity index (χ0v) is 16.0. The van der Waals surface area contributed by atoms with Gasteiger partial charge in [0.2, 0.25) is 5.91 Å². The molecule has 1 unspecified atom stereocenters.